The quantitative estimate of drug-likeness (QED) is 0.596. The molecular weight excluding hydrogens is 412 g/mol. The summed E-state index contributed by atoms with van der Waals surface area (Å²) in [6.45, 7) is 3.92. The van der Waals surface area contributed by atoms with Crippen LogP contribution in [0.4, 0.5) is 0 Å². The number of hydrogen-bond donors (Lipinski definition) is 1. The molecule has 0 bridgehead atoms. The van der Waals surface area contributed by atoms with Crippen LogP contribution in [0.15, 0.2) is 47.6 Å². The summed E-state index contributed by atoms with van der Waals surface area (Å²) in [5, 5.41) is 4.78. The average Bonchev–Trinajstić information content (AvgIpc) is 3.44. The summed E-state index contributed by atoms with van der Waals surface area (Å²) in [6, 6.07) is 9.62. The van der Waals surface area contributed by atoms with Crippen molar-refractivity contribution in [2.75, 3.05) is 7.11 Å². The molecule has 1 saturated carbocycles. The lowest BCUT2D eigenvalue weighted by Gasteiger charge is -2.14. The number of sulfonamides is 1. The summed E-state index contributed by atoms with van der Waals surface area (Å²) in [5.74, 6) is 0.338. The van der Waals surface area contributed by atoms with Crippen molar-refractivity contribution >= 4 is 10.0 Å². The zero-order valence-corrected chi connectivity index (χ0v) is 18.9. The summed E-state index contributed by atoms with van der Waals surface area (Å²) in [5.41, 5.74) is 4.58. The van der Waals surface area contributed by atoms with Crippen molar-refractivity contribution in [3.63, 3.8) is 0 Å². The maximum absolute atomic E-state index is 13.0. The van der Waals surface area contributed by atoms with Crippen molar-refractivity contribution < 1.29 is 13.2 Å². The van der Waals surface area contributed by atoms with E-state index in [0.717, 1.165) is 35.2 Å². The third kappa shape index (κ3) is 4.50. The molecular formula is C23H28N4O3S. The standard InChI is InChI=1S/C23H28N4O3S/c1-16-12-22(30-3)23(13-17(16)2)31(28,29)25-15-19-14-21(18-8-10-24-11-9-18)27(26-19)20-6-4-5-7-20/h8-14,20,25H,4-7,15H2,1-3H3. The van der Waals surface area contributed by atoms with Gasteiger partial charge in [0.05, 0.1) is 31.1 Å². The zero-order chi connectivity index (χ0) is 22.0. The topological polar surface area (TPSA) is 86.1 Å². The van der Waals surface area contributed by atoms with Gasteiger partial charge in [-0.15, -0.1) is 0 Å². The number of hydrogen-bond acceptors (Lipinski definition) is 5. The first kappa shape index (κ1) is 21.5. The Morgan fingerprint density at radius 1 is 1.10 bits per heavy atom. The van der Waals surface area contributed by atoms with Crippen molar-refractivity contribution in [1.82, 2.24) is 19.5 Å². The SMILES string of the molecule is COc1cc(C)c(C)cc1S(=O)(=O)NCc1cc(-c2ccncc2)n(C2CCCC2)n1. The Morgan fingerprint density at radius 2 is 1.77 bits per heavy atom. The first-order chi connectivity index (χ1) is 14.9. The summed E-state index contributed by atoms with van der Waals surface area (Å²) in [6.07, 6.45) is 8.07. The molecule has 1 fully saturated rings. The number of rotatable bonds is 7. The Balaban J connectivity index is 1.62. The second-order valence-corrected chi connectivity index (χ2v) is 9.79. The van der Waals surface area contributed by atoms with E-state index in [4.69, 9.17) is 9.84 Å². The number of ether oxygens (including phenoxy) is 1. The molecule has 4 rings (SSSR count). The largest absolute Gasteiger partial charge is 0.495 e. The molecule has 1 aliphatic carbocycles. The number of aryl methyl sites for hydroxylation is 2. The van der Waals surface area contributed by atoms with Crippen LogP contribution in [-0.2, 0) is 16.6 Å². The molecule has 0 atom stereocenters. The summed E-state index contributed by atoms with van der Waals surface area (Å²) in [7, 11) is -2.28. The van der Waals surface area contributed by atoms with Gasteiger partial charge in [-0.1, -0.05) is 12.8 Å². The molecule has 8 heteroatoms. The van der Waals surface area contributed by atoms with E-state index in [-0.39, 0.29) is 11.4 Å². The highest BCUT2D eigenvalue weighted by Gasteiger charge is 2.24. The fourth-order valence-corrected chi connectivity index (χ4v) is 5.31. The Labute approximate surface area is 183 Å². The molecule has 2 heterocycles. The van der Waals surface area contributed by atoms with E-state index in [9.17, 15) is 8.42 Å². The van der Waals surface area contributed by atoms with E-state index in [1.54, 1.807) is 24.5 Å². The molecule has 0 spiro atoms. The molecule has 3 aromatic rings. The predicted molar refractivity (Wildman–Crippen MR) is 119 cm³/mol. The molecule has 164 valence electrons. The third-order valence-corrected chi connectivity index (χ3v) is 7.37. The summed E-state index contributed by atoms with van der Waals surface area (Å²) in [4.78, 5) is 4.24. The van der Waals surface area contributed by atoms with Crippen LogP contribution in [0.25, 0.3) is 11.3 Å². The lowest BCUT2D eigenvalue weighted by molar-refractivity contribution is 0.401. The van der Waals surface area contributed by atoms with Crippen molar-refractivity contribution in [3.8, 4) is 17.0 Å². The molecule has 0 radical (unpaired) electrons. The van der Waals surface area contributed by atoms with Crippen LogP contribution >= 0.6 is 0 Å². The highest BCUT2D eigenvalue weighted by atomic mass is 32.2. The second-order valence-electron chi connectivity index (χ2n) is 8.05. The molecule has 1 aromatic carbocycles. The molecule has 0 amide bonds. The van der Waals surface area contributed by atoms with Crippen molar-refractivity contribution in [3.05, 3.63) is 59.5 Å². The lowest BCUT2D eigenvalue weighted by Crippen LogP contribution is -2.24. The van der Waals surface area contributed by atoms with E-state index in [1.165, 1.54) is 20.0 Å². The maximum atomic E-state index is 13.0. The van der Waals surface area contributed by atoms with E-state index in [2.05, 4.69) is 14.4 Å². The van der Waals surface area contributed by atoms with Crippen LogP contribution in [0.3, 0.4) is 0 Å². The number of benzene rings is 1. The molecule has 0 saturated heterocycles. The van der Waals surface area contributed by atoms with E-state index < -0.39 is 10.0 Å². The van der Waals surface area contributed by atoms with Gasteiger partial charge in [0.15, 0.2) is 0 Å². The minimum Gasteiger partial charge on any atom is -0.495 e. The van der Waals surface area contributed by atoms with Crippen LogP contribution in [0.1, 0.15) is 48.5 Å². The number of aromatic nitrogens is 3. The first-order valence-corrected chi connectivity index (χ1v) is 12.0. The Bertz CT molecular complexity index is 1170. The van der Waals surface area contributed by atoms with Crippen LogP contribution in [0.5, 0.6) is 5.75 Å². The van der Waals surface area contributed by atoms with Gasteiger partial charge >= 0.3 is 0 Å². The number of methoxy groups -OCH3 is 1. The van der Waals surface area contributed by atoms with Gasteiger partial charge in [-0.3, -0.25) is 9.67 Å². The van der Waals surface area contributed by atoms with Crippen molar-refractivity contribution in [2.24, 2.45) is 0 Å². The van der Waals surface area contributed by atoms with Gasteiger partial charge in [-0.05, 0) is 68.1 Å². The van der Waals surface area contributed by atoms with Gasteiger partial charge < -0.3 is 4.74 Å². The average molecular weight is 441 g/mol. The normalized spacial score (nSPS) is 14.8. The third-order valence-electron chi connectivity index (χ3n) is 5.95. The fraction of sp³-hybridized carbons (Fsp3) is 0.391. The van der Waals surface area contributed by atoms with Gasteiger partial charge in [-0.25, -0.2) is 13.1 Å². The van der Waals surface area contributed by atoms with Gasteiger partial charge in [0.25, 0.3) is 0 Å². The fourth-order valence-electron chi connectivity index (χ4n) is 4.08. The predicted octanol–water partition coefficient (Wildman–Crippen LogP) is 4.16. The smallest absolute Gasteiger partial charge is 0.244 e. The van der Waals surface area contributed by atoms with Gasteiger partial charge in [-0.2, -0.15) is 5.10 Å². The first-order valence-electron chi connectivity index (χ1n) is 10.5. The minimum atomic E-state index is -3.76. The zero-order valence-electron chi connectivity index (χ0n) is 18.1. The minimum absolute atomic E-state index is 0.107. The van der Waals surface area contributed by atoms with Gasteiger partial charge in [0.2, 0.25) is 10.0 Å². The molecule has 31 heavy (non-hydrogen) atoms. The maximum Gasteiger partial charge on any atom is 0.244 e. The lowest BCUT2D eigenvalue weighted by atomic mass is 10.1. The van der Waals surface area contributed by atoms with Crippen LogP contribution in [0, 0.1) is 13.8 Å². The molecule has 2 aromatic heterocycles. The van der Waals surface area contributed by atoms with Gasteiger partial charge in [0.1, 0.15) is 10.6 Å². The number of nitrogens with zero attached hydrogens (tertiary/aromatic N) is 3. The Hall–Kier alpha value is -2.71. The molecule has 0 unspecified atom stereocenters. The van der Waals surface area contributed by atoms with Crippen molar-refractivity contribution in [1.29, 1.82) is 0 Å². The van der Waals surface area contributed by atoms with E-state index >= 15 is 0 Å². The Kier molecular flexibility index (Phi) is 6.11. The van der Waals surface area contributed by atoms with Crippen LogP contribution < -0.4 is 9.46 Å². The van der Waals surface area contributed by atoms with Crippen LogP contribution in [-0.4, -0.2) is 30.3 Å². The molecule has 7 nitrogen and oxygen atoms in total. The number of pyridine rings is 1. The van der Waals surface area contributed by atoms with Crippen molar-refractivity contribution in [2.45, 2.75) is 57.0 Å². The second kappa shape index (κ2) is 8.80. The Morgan fingerprint density at radius 3 is 2.45 bits per heavy atom. The molecule has 0 aliphatic heterocycles. The van der Waals surface area contributed by atoms with Gasteiger partial charge in [0, 0.05) is 18.0 Å². The summed E-state index contributed by atoms with van der Waals surface area (Å²) >= 11 is 0. The van der Waals surface area contributed by atoms with E-state index in [1.807, 2.05) is 32.0 Å². The highest BCUT2D eigenvalue weighted by molar-refractivity contribution is 7.89. The van der Waals surface area contributed by atoms with Crippen LogP contribution in [0.2, 0.25) is 0 Å². The molecule has 1 aliphatic rings. The summed E-state index contributed by atoms with van der Waals surface area (Å²) < 4.78 is 36.1. The van der Waals surface area contributed by atoms with E-state index in [0.29, 0.717) is 17.5 Å². The highest BCUT2D eigenvalue weighted by Crippen LogP contribution is 2.34. The monoisotopic (exact) mass is 440 g/mol. The molecule has 1 N–H and O–H groups in total. The number of nitrogens with one attached hydrogen (secondary N) is 1.